The number of hydrogen-bond donors (Lipinski definition) is 5. The molecule has 12 heteroatoms. The Balaban J connectivity index is 1.95. The third-order valence-electron chi connectivity index (χ3n) is 7.05. The molecule has 3 atom stereocenters. The number of aromatic nitrogens is 1. The molecule has 2 fully saturated rings. The van der Waals surface area contributed by atoms with Crippen LogP contribution in [-0.4, -0.2) is 94.9 Å². The van der Waals surface area contributed by atoms with Gasteiger partial charge in [-0.3, -0.25) is 20.0 Å². The standard InChI is InChI=1S/C26H33N7O5/c1-2-20(38-19-7-5-17(6-8-19)24(27)28)26(18-4-3-9-29-14-18,33-13-11-31-16-22(33)35)23(25(36)37)32-12-10-30-15-21(32)34/h3-9,14,20,23,30-31H,2,10-13,15-16H2,1H3,(H3,27,28)(H,36,37). The summed E-state index contributed by atoms with van der Waals surface area (Å²) in [5.41, 5.74) is 4.95. The summed E-state index contributed by atoms with van der Waals surface area (Å²) < 4.78 is 6.51. The third-order valence-corrected chi connectivity index (χ3v) is 7.05. The number of rotatable bonds is 10. The predicted molar refractivity (Wildman–Crippen MR) is 139 cm³/mol. The van der Waals surface area contributed by atoms with E-state index < -0.39 is 23.7 Å². The van der Waals surface area contributed by atoms with Gasteiger partial charge in [0, 0.05) is 49.7 Å². The fraction of sp³-hybridized carbons (Fsp3) is 0.423. The monoisotopic (exact) mass is 523 g/mol. The normalized spacial score (nSPS) is 19.4. The minimum atomic E-state index is -1.61. The van der Waals surface area contributed by atoms with E-state index in [1.165, 1.54) is 4.90 Å². The Morgan fingerprint density at radius 1 is 1.16 bits per heavy atom. The fourth-order valence-electron chi connectivity index (χ4n) is 5.41. The second-order valence-corrected chi connectivity index (χ2v) is 9.25. The van der Waals surface area contributed by atoms with Crippen molar-refractivity contribution in [1.82, 2.24) is 25.4 Å². The van der Waals surface area contributed by atoms with Gasteiger partial charge in [0.25, 0.3) is 0 Å². The van der Waals surface area contributed by atoms with Gasteiger partial charge in [-0.25, -0.2) is 4.79 Å². The van der Waals surface area contributed by atoms with Crippen LogP contribution in [0.2, 0.25) is 0 Å². The molecule has 0 radical (unpaired) electrons. The number of pyridine rings is 1. The molecule has 0 aliphatic carbocycles. The Morgan fingerprint density at radius 3 is 2.39 bits per heavy atom. The molecule has 3 unspecified atom stereocenters. The number of amides is 2. The van der Waals surface area contributed by atoms with Crippen molar-refractivity contribution in [3.63, 3.8) is 0 Å². The van der Waals surface area contributed by atoms with Crippen LogP contribution in [0.15, 0.2) is 48.8 Å². The first-order chi connectivity index (χ1) is 18.3. The van der Waals surface area contributed by atoms with E-state index in [-0.39, 0.29) is 43.8 Å². The fourth-order valence-corrected chi connectivity index (χ4v) is 5.41. The molecule has 2 aliphatic heterocycles. The summed E-state index contributed by atoms with van der Waals surface area (Å²) in [6, 6.07) is 8.54. The first-order valence-electron chi connectivity index (χ1n) is 12.6. The molecule has 3 heterocycles. The predicted octanol–water partition coefficient (Wildman–Crippen LogP) is -0.265. The Morgan fingerprint density at radius 2 is 1.84 bits per heavy atom. The first kappa shape index (κ1) is 27.0. The summed E-state index contributed by atoms with van der Waals surface area (Å²) in [6.07, 6.45) is 2.54. The van der Waals surface area contributed by atoms with E-state index in [1.807, 2.05) is 6.92 Å². The minimum Gasteiger partial charge on any atom is -0.488 e. The van der Waals surface area contributed by atoms with Gasteiger partial charge in [0.15, 0.2) is 6.04 Å². The minimum absolute atomic E-state index is 0.00738. The van der Waals surface area contributed by atoms with Crippen molar-refractivity contribution in [1.29, 1.82) is 5.41 Å². The Labute approximate surface area is 220 Å². The average Bonchev–Trinajstić information content (AvgIpc) is 2.92. The summed E-state index contributed by atoms with van der Waals surface area (Å²) in [5.74, 6) is -1.61. The molecular weight excluding hydrogens is 490 g/mol. The number of aliphatic carboxylic acids is 1. The Kier molecular flexibility index (Phi) is 8.23. The van der Waals surface area contributed by atoms with Gasteiger partial charge in [-0.05, 0) is 36.8 Å². The van der Waals surface area contributed by atoms with E-state index in [2.05, 4.69) is 15.6 Å². The van der Waals surface area contributed by atoms with Crippen molar-refractivity contribution in [2.24, 2.45) is 5.73 Å². The van der Waals surface area contributed by atoms with E-state index in [1.54, 1.807) is 53.7 Å². The molecule has 1 aromatic heterocycles. The van der Waals surface area contributed by atoms with Crippen LogP contribution in [0.25, 0.3) is 0 Å². The van der Waals surface area contributed by atoms with Gasteiger partial charge in [0.2, 0.25) is 11.8 Å². The van der Waals surface area contributed by atoms with E-state index in [9.17, 15) is 19.5 Å². The SMILES string of the molecule is CCC(Oc1ccc(C(=N)N)cc1)C(c1cccnc1)(C(C(=O)O)N1CCNCC1=O)N1CCNCC1=O. The van der Waals surface area contributed by atoms with Gasteiger partial charge in [0.05, 0.1) is 13.1 Å². The lowest BCUT2D eigenvalue weighted by Gasteiger charge is -2.54. The zero-order chi connectivity index (χ0) is 27.3. The molecule has 2 aromatic rings. The highest BCUT2D eigenvalue weighted by Crippen LogP contribution is 2.42. The van der Waals surface area contributed by atoms with Crippen LogP contribution in [-0.2, 0) is 19.9 Å². The largest absolute Gasteiger partial charge is 0.488 e. The number of nitrogens with two attached hydrogens (primary N) is 1. The van der Waals surface area contributed by atoms with Crippen LogP contribution in [0.3, 0.4) is 0 Å². The van der Waals surface area contributed by atoms with Crippen molar-refractivity contribution in [2.75, 3.05) is 39.3 Å². The summed E-state index contributed by atoms with van der Waals surface area (Å²) in [7, 11) is 0. The van der Waals surface area contributed by atoms with Crippen LogP contribution >= 0.6 is 0 Å². The summed E-state index contributed by atoms with van der Waals surface area (Å²) >= 11 is 0. The van der Waals surface area contributed by atoms with Gasteiger partial charge >= 0.3 is 5.97 Å². The Hall–Kier alpha value is -4.03. The van der Waals surface area contributed by atoms with Crippen LogP contribution < -0.4 is 21.1 Å². The van der Waals surface area contributed by atoms with Crippen LogP contribution in [0.4, 0.5) is 0 Å². The molecule has 12 nitrogen and oxygen atoms in total. The highest BCUT2D eigenvalue weighted by Gasteiger charge is 2.60. The number of carbonyl (C=O) groups excluding carboxylic acids is 2. The lowest BCUT2D eigenvalue weighted by Crippen LogP contribution is -2.74. The number of amidine groups is 1. The number of piperazine rings is 2. The molecule has 38 heavy (non-hydrogen) atoms. The topological polar surface area (TPSA) is 174 Å². The number of hydrogen-bond acceptors (Lipinski definition) is 8. The van der Waals surface area contributed by atoms with Gasteiger partial charge in [-0.1, -0.05) is 13.0 Å². The molecule has 2 aliphatic rings. The van der Waals surface area contributed by atoms with E-state index in [0.717, 1.165) is 0 Å². The maximum absolute atomic E-state index is 13.5. The molecule has 2 saturated heterocycles. The number of carboxylic acid groups (broad SMARTS) is 1. The molecule has 4 rings (SSSR count). The van der Waals surface area contributed by atoms with Crippen molar-refractivity contribution >= 4 is 23.6 Å². The zero-order valence-corrected chi connectivity index (χ0v) is 21.2. The van der Waals surface area contributed by atoms with Crippen LogP contribution in [0, 0.1) is 5.41 Å². The molecule has 0 bridgehead atoms. The summed E-state index contributed by atoms with van der Waals surface area (Å²) in [6.45, 7) is 3.09. The van der Waals surface area contributed by atoms with Gasteiger partial charge in [-0.15, -0.1) is 0 Å². The van der Waals surface area contributed by atoms with E-state index in [0.29, 0.717) is 36.4 Å². The number of nitrogen functional groups attached to an aromatic ring is 1. The molecular formula is C26H33N7O5. The number of ether oxygens (including phenoxy) is 1. The lowest BCUT2D eigenvalue weighted by atomic mass is 9.74. The molecule has 0 saturated carbocycles. The van der Waals surface area contributed by atoms with E-state index >= 15 is 0 Å². The van der Waals surface area contributed by atoms with Crippen LogP contribution in [0.5, 0.6) is 5.75 Å². The maximum atomic E-state index is 13.5. The number of nitrogens with zero attached hydrogens (tertiary/aromatic N) is 3. The highest BCUT2D eigenvalue weighted by atomic mass is 16.5. The van der Waals surface area contributed by atoms with Gasteiger partial charge in [0.1, 0.15) is 23.2 Å². The summed E-state index contributed by atoms with van der Waals surface area (Å²) in [4.78, 5) is 47.1. The van der Waals surface area contributed by atoms with Crippen molar-refractivity contribution in [3.8, 4) is 5.75 Å². The highest BCUT2D eigenvalue weighted by molar-refractivity contribution is 5.95. The number of carboxylic acids is 1. The molecule has 1 aromatic carbocycles. The Bertz CT molecular complexity index is 1180. The second kappa shape index (κ2) is 11.6. The van der Waals surface area contributed by atoms with Gasteiger partial charge < -0.3 is 36.0 Å². The molecule has 2 amide bonds. The third kappa shape index (κ3) is 5.04. The van der Waals surface area contributed by atoms with Crippen molar-refractivity contribution in [3.05, 3.63) is 59.9 Å². The first-order valence-corrected chi connectivity index (χ1v) is 12.6. The van der Waals surface area contributed by atoms with Crippen LogP contribution in [0.1, 0.15) is 24.5 Å². The van der Waals surface area contributed by atoms with Crippen molar-refractivity contribution < 1.29 is 24.2 Å². The van der Waals surface area contributed by atoms with E-state index in [4.69, 9.17) is 15.9 Å². The van der Waals surface area contributed by atoms with Crippen molar-refractivity contribution in [2.45, 2.75) is 31.0 Å². The molecule has 0 spiro atoms. The number of carbonyl (C=O) groups is 3. The zero-order valence-electron chi connectivity index (χ0n) is 21.2. The average molecular weight is 524 g/mol. The number of nitrogens with one attached hydrogen (secondary N) is 3. The summed E-state index contributed by atoms with van der Waals surface area (Å²) in [5, 5.41) is 24.5. The second-order valence-electron chi connectivity index (χ2n) is 9.25. The van der Waals surface area contributed by atoms with Gasteiger partial charge in [-0.2, -0.15) is 0 Å². The lowest BCUT2D eigenvalue weighted by molar-refractivity contribution is -0.173. The molecule has 202 valence electrons. The number of benzene rings is 1. The maximum Gasteiger partial charge on any atom is 0.329 e. The quantitative estimate of drug-likeness (QED) is 0.208. The molecule has 6 N–H and O–H groups in total. The smallest absolute Gasteiger partial charge is 0.329 e.